The van der Waals surface area contributed by atoms with Crippen molar-refractivity contribution in [2.45, 2.75) is 12.8 Å². The molecule has 0 atom stereocenters. The third-order valence-corrected chi connectivity index (χ3v) is 7.21. The van der Waals surface area contributed by atoms with E-state index in [0.29, 0.717) is 0 Å². The highest BCUT2D eigenvalue weighted by Gasteiger charge is 2.23. The van der Waals surface area contributed by atoms with Crippen molar-refractivity contribution in [3.63, 3.8) is 0 Å². The van der Waals surface area contributed by atoms with Gasteiger partial charge in [-0.2, -0.15) is 0 Å². The number of anilines is 3. The maximum absolute atomic E-state index is 4.82. The molecule has 6 aromatic rings. The number of para-hydroxylation sites is 1. The predicted molar refractivity (Wildman–Crippen MR) is 153 cm³/mol. The summed E-state index contributed by atoms with van der Waals surface area (Å²) < 4.78 is 0. The maximum Gasteiger partial charge on any atom is 0.0709 e. The smallest absolute Gasteiger partial charge is 0.0709 e. The van der Waals surface area contributed by atoms with Crippen molar-refractivity contribution in [3.8, 4) is 22.5 Å². The van der Waals surface area contributed by atoms with Gasteiger partial charge in [0, 0.05) is 40.3 Å². The zero-order valence-electron chi connectivity index (χ0n) is 20.4. The van der Waals surface area contributed by atoms with E-state index in [4.69, 9.17) is 4.98 Å². The molecule has 0 spiro atoms. The second-order valence-corrected chi connectivity index (χ2v) is 9.49. The fourth-order valence-corrected chi connectivity index (χ4v) is 5.34. The lowest BCUT2D eigenvalue weighted by Gasteiger charge is -2.28. The van der Waals surface area contributed by atoms with Gasteiger partial charge >= 0.3 is 0 Å². The molecule has 0 bridgehead atoms. The summed E-state index contributed by atoms with van der Waals surface area (Å²) in [7, 11) is 0. The Morgan fingerprint density at radius 2 is 1.30 bits per heavy atom. The highest BCUT2D eigenvalue weighted by molar-refractivity contribution is 5.88. The SMILES string of the molecule is c1ccc(-c2cccc(N3c4ccccc4CCc4ccc(-c5cc6ccccc6cn5)cc43)c2)nc1. The first-order chi connectivity index (χ1) is 18.3. The van der Waals surface area contributed by atoms with Gasteiger partial charge in [0.15, 0.2) is 0 Å². The minimum atomic E-state index is 0.974. The third-order valence-electron chi connectivity index (χ3n) is 7.21. The number of hydrogen-bond acceptors (Lipinski definition) is 3. The molecule has 4 aromatic carbocycles. The van der Waals surface area contributed by atoms with Gasteiger partial charge in [-0.05, 0) is 71.8 Å². The van der Waals surface area contributed by atoms with Crippen LogP contribution < -0.4 is 4.90 Å². The molecule has 3 heterocycles. The van der Waals surface area contributed by atoms with Crippen molar-refractivity contribution < 1.29 is 0 Å². The largest absolute Gasteiger partial charge is 0.310 e. The van der Waals surface area contributed by atoms with Crippen molar-refractivity contribution in [3.05, 3.63) is 139 Å². The highest BCUT2D eigenvalue weighted by atomic mass is 15.1. The van der Waals surface area contributed by atoms with Gasteiger partial charge in [-0.15, -0.1) is 0 Å². The normalized spacial score (nSPS) is 12.6. The van der Waals surface area contributed by atoms with Crippen LogP contribution in [0.4, 0.5) is 17.1 Å². The number of pyridine rings is 2. The van der Waals surface area contributed by atoms with E-state index in [1.165, 1.54) is 27.9 Å². The van der Waals surface area contributed by atoms with E-state index < -0.39 is 0 Å². The topological polar surface area (TPSA) is 29.0 Å². The van der Waals surface area contributed by atoms with E-state index >= 15 is 0 Å². The number of nitrogens with zero attached hydrogens (tertiary/aromatic N) is 3. The Morgan fingerprint density at radius 1 is 0.514 bits per heavy atom. The first kappa shape index (κ1) is 21.5. The highest BCUT2D eigenvalue weighted by Crippen LogP contribution is 2.43. The summed E-state index contributed by atoms with van der Waals surface area (Å²) in [5.41, 5.74) is 10.4. The van der Waals surface area contributed by atoms with Crippen LogP contribution >= 0.6 is 0 Å². The van der Waals surface area contributed by atoms with Crippen molar-refractivity contribution in [2.75, 3.05) is 4.90 Å². The fraction of sp³-hybridized carbons (Fsp3) is 0.0588. The number of fused-ring (bicyclic) bond motifs is 3. The van der Waals surface area contributed by atoms with E-state index in [9.17, 15) is 0 Å². The van der Waals surface area contributed by atoms with Crippen LogP contribution in [0.5, 0.6) is 0 Å². The molecule has 0 saturated carbocycles. The van der Waals surface area contributed by atoms with E-state index in [-0.39, 0.29) is 0 Å². The lowest BCUT2D eigenvalue weighted by molar-refractivity contribution is 0.977. The summed E-state index contributed by atoms with van der Waals surface area (Å²) >= 11 is 0. The number of aryl methyl sites for hydroxylation is 2. The third kappa shape index (κ3) is 3.95. The van der Waals surface area contributed by atoms with Gasteiger partial charge in [-0.1, -0.05) is 72.8 Å². The Balaban J connectivity index is 1.41. The van der Waals surface area contributed by atoms with E-state index in [2.05, 4.69) is 113 Å². The lowest BCUT2D eigenvalue weighted by Crippen LogP contribution is -2.12. The molecule has 3 nitrogen and oxygen atoms in total. The van der Waals surface area contributed by atoms with Gasteiger partial charge in [-0.3, -0.25) is 9.97 Å². The molecule has 1 aliphatic heterocycles. The molecule has 0 aliphatic carbocycles. The van der Waals surface area contributed by atoms with Gasteiger partial charge in [0.1, 0.15) is 0 Å². The summed E-state index contributed by atoms with van der Waals surface area (Å²) in [4.78, 5) is 11.8. The Labute approximate surface area is 216 Å². The number of benzene rings is 4. The zero-order chi connectivity index (χ0) is 24.6. The number of hydrogen-bond donors (Lipinski definition) is 0. The van der Waals surface area contributed by atoms with Crippen LogP contribution in [0.25, 0.3) is 33.3 Å². The fourth-order valence-electron chi connectivity index (χ4n) is 5.34. The van der Waals surface area contributed by atoms with Gasteiger partial charge in [-0.25, -0.2) is 0 Å². The van der Waals surface area contributed by atoms with Crippen LogP contribution in [0.2, 0.25) is 0 Å². The van der Waals surface area contributed by atoms with Crippen molar-refractivity contribution >= 4 is 27.8 Å². The van der Waals surface area contributed by atoms with Crippen LogP contribution in [0.3, 0.4) is 0 Å². The molecule has 7 rings (SSSR count). The van der Waals surface area contributed by atoms with Gasteiger partial charge in [0.05, 0.1) is 17.1 Å². The van der Waals surface area contributed by atoms with E-state index in [1.807, 2.05) is 24.5 Å². The summed E-state index contributed by atoms with van der Waals surface area (Å²) in [6.07, 6.45) is 5.82. The summed E-state index contributed by atoms with van der Waals surface area (Å²) in [5.74, 6) is 0. The average Bonchev–Trinajstić information content (AvgIpc) is 3.14. The van der Waals surface area contributed by atoms with Crippen LogP contribution in [-0.2, 0) is 12.8 Å². The van der Waals surface area contributed by atoms with Crippen LogP contribution in [0, 0.1) is 0 Å². The number of aromatic nitrogens is 2. The molecule has 176 valence electrons. The van der Waals surface area contributed by atoms with Crippen molar-refractivity contribution in [2.24, 2.45) is 0 Å². The minimum Gasteiger partial charge on any atom is -0.310 e. The Kier molecular flexibility index (Phi) is 5.25. The first-order valence-corrected chi connectivity index (χ1v) is 12.7. The van der Waals surface area contributed by atoms with Crippen LogP contribution in [0.1, 0.15) is 11.1 Å². The molecular formula is C34H25N3. The van der Waals surface area contributed by atoms with Crippen LogP contribution in [-0.4, -0.2) is 9.97 Å². The molecule has 0 N–H and O–H groups in total. The summed E-state index contributed by atoms with van der Waals surface area (Å²) in [5, 5.41) is 2.36. The quantitative estimate of drug-likeness (QED) is 0.257. The van der Waals surface area contributed by atoms with Gasteiger partial charge < -0.3 is 4.90 Å². The second-order valence-electron chi connectivity index (χ2n) is 9.49. The van der Waals surface area contributed by atoms with E-state index in [1.54, 1.807) is 0 Å². The Bertz CT molecular complexity index is 1740. The molecule has 3 heteroatoms. The Hall–Kier alpha value is -4.76. The molecule has 0 unspecified atom stereocenters. The van der Waals surface area contributed by atoms with Crippen molar-refractivity contribution in [1.82, 2.24) is 9.97 Å². The lowest BCUT2D eigenvalue weighted by atomic mass is 10.0. The molecule has 0 fully saturated rings. The molecule has 37 heavy (non-hydrogen) atoms. The monoisotopic (exact) mass is 475 g/mol. The molecule has 2 aromatic heterocycles. The Morgan fingerprint density at radius 3 is 2.19 bits per heavy atom. The van der Waals surface area contributed by atoms with Gasteiger partial charge in [0.25, 0.3) is 0 Å². The van der Waals surface area contributed by atoms with Gasteiger partial charge in [0.2, 0.25) is 0 Å². The molecule has 0 radical (unpaired) electrons. The first-order valence-electron chi connectivity index (χ1n) is 12.7. The second kappa shape index (κ2) is 9.03. The molecule has 0 amide bonds. The van der Waals surface area contributed by atoms with E-state index in [0.717, 1.165) is 46.4 Å². The average molecular weight is 476 g/mol. The zero-order valence-corrected chi connectivity index (χ0v) is 20.4. The van der Waals surface area contributed by atoms with Crippen molar-refractivity contribution in [1.29, 1.82) is 0 Å². The predicted octanol–water partition coefficient (Wildman–Crippen LogP) is 8.53. The molecule has 1 aliphatic rings. The maximum atomic E-state index is 4.82. The molecular weight excluding hydrogens is 450 g/mol. The summed E-state index contributed by atoms with van der Waals surface area (Å²) in [6.45, 7) is 0. The van der Waals surface area contributed by atoms with Crippen LogP contribution in [0.15, 0.2) is 128 Å². The summed E-state index contributed by atoms with van der Waals surface area (Å²) in [6, 6.07) is 40.9. The number of rotatable bonds is 3. The molecule has 0 saturated heterocycles. The standard InChI is InChI=1S/C34H25N3/c1-2-10-29-23-36-32(21-26(29)9-1)28-18-17-25-16-15-24-8-3-4-14-33(24)37(34(25)22-28)30-12-7-11-27(20-30)31-13-5-6-19-35-31/h1-14,17-23H,15-16H2. The minimum absolute atomic E-state index is 0.974.